The lowest BCUT2D eigenvalue weighted by atomic mass is 9.76. The molecule has 1 saturated carbocycles. The van der Waals surface area contributed by atoms with Crippen molar-refractivity contribution in [1.29, 1.82) is 0 Å². The second-order valence-electron chi connectivity index (χ2n) is 6.12. The van der Waals surface area contributed by atoms with Crippen LogP contribution < -0.4 is 0 Å². The molecule has 0 amide bonds. The Hall–Kier alpha value is -0.980. The molecule has 0 spiro atoms. The van der Waals surface area contributed by atoms with Gasteiger partial charge in [-0.15, -0.1) is 0 Å². The molecule has 1 aliphatic rings. The van der Waals surface area contributed by atoms with E-state index in [0.717, 1.165) is 31.4 Å². The van der Waals surface area contributed by atoms with Crippen LogP contribution in [0.1, 0.15) is 59.3 Å². The number of rotatable bonds is 6. The zero-order valence-corrected chi connectivity index (χ0v) is 12.3. The molecule has 0 saturated heterocycles. The highest BCUT2D eigenvalue weighted by Gasteiger charge is 2.27. The molecular formula is C17H28O. The Morgan fingerprint density at radius 3 is 2.44 bits per heavy atom. The molecule has 0 N–H and O–H groups in total. The van der Waals surface area contributed by atoms with Gasteiger partial charge in [0, 0.05) is 0 Å². The summed E-state index contributed by atoms with van der Waals surface area (Å²) in [5.74, 6) is 0.794. The van der Waals surface area contributed by atoms with Crippen LogP contribution in [0.4, 0.5) is 0 Å². The minimum atomic E-state index is 0.356. The number of hydrogen-bond acceptors (Lipinski definition) is 1. The highest BCUT2D eigenvalue weighted by molar-refractivity contribution is 5.24. The van der Waals surface area contributed by atoms with E-state index in [4.69, 9.17) is 4.74 Å². The Balaban J connectivity index is 2.43. The van der Waals surface area contributed by atoms with Gasteiger partial charge in [0.25, 0.3) is 0 Å². The van der Waals surface area contributed by atoms with Gasteiger partial charge < -0.3 is 4.74 Å². The Labute approximate surface area is 113 Å². The molecule has 0 aliphatic heterocycles. The largest absolute Gasteiger partial charge is 0.491 e. The third-order valence-corrected chi connectivity index (χ3v) is 3.75. The van der Waals surface area contributed by atoms with E-state index < -0.39 is 0 Å². The molecule has 0 unspecified atom stereocenters. The molecule has 0 radical (unpaired) electrons. The number of hydrogen-bond donors (Lipinski definition) is 0. The molecular weight excluding hydrogens is 220 g/mol. The average Bonchev–Trinajstić information content (AvgIpc) is 2.31. The summed E-state index contributed by atoms with van der Waals surface area (Å²) >= 11 is 0. The molecule has 0 atom stereocenters. The van der Waals surface area contributed by atoms with Crippen molar-refractivity contribution in [2.45, 2.75) is 65.4 Å². The first-order valence-electron chi connectivity index (χ1n) is 7.15. The molecule has 0 bridgehead atoms. The molecule has 102 valence electrons. The fraction of sp³-hybridized carbons (Fsp3) is 0.647. The van der Waals surface area contributed by atoms with Gasteiger partial charge in [-0.05, 0) is 49.2 Å². The Morgan fingerprint density at radius 2 is 1.94 bits per heavy atom. The predicted molar refractivity (Wildman–Crippen MR) is 79.5 cm³/mol. The number of allylic oxidation sites excluding steroid dienone is 3. The van der Waals surface area contributed by atoms with Crippen LogP contribution in [0.5, 0.6) is 0 Å². The van der Waals surface area contributed by atoms with E-state index in [9.17, 15) is 0 Å². The summed E-state index contributed by atoms with van der Waals surface area (Å²) in [6.07, 6.45) is 11.3. The lowest BCUT2D eigenvalue weighted by molar-refractivity contribution is 0.0532. The molecule has 1 rings (SSSR count). The summed E-state index contributed by atoms with van der Waals surface area (Å²) in [6, 6.07) is 0. The summed E-state index contributed by atoms with van der Waals surface area (Å²) in [5, 5.41) is 0. The fourth-order valence-electron chi connectivity index (χ4n) is 2.47. The third kappa shape index (κ3) is 5.12. The smallest absolute Gasteiger partial charge is 0.112 e. The van der Waals surface area contributed by atoms with Crippen LogP contribution in [0, 0.1) is 5.41 Å². The fourth-order valence-corrected chi connectivity index (χ4v) is 2.47. The van der Waals surface area contributed by atoms with E-state index in [2.05, 4.69) is 33.9 Å². The van der Waals surface area contributed by atoms with E-state index >= 15 is 0 Å². The molecule has 0 aromatic rings. The first-order chi connectivity index (χ1) is 8.46. The summed E-state index contributed by atoms with van der Waals surface area (Å²) in [6.45, 7) is 14.7. The summed E-state index contributed by atoms with van der Waals surface area (Å²) in [7, 11) is 0. The zero-order valence-electron chi connectivity index (χ0n) is 12.3. The summed E-state index contributed by atoms with van der Waals surface area (Å²) < 4.78 is 5.94. The second-order valence-corrected chi connectivity index (χ2v) is 6.12. The normalized spacial score (nSPS) is 20.5. The SMILES string of the molecule is C=CC(=CC(=C)OC1CCC(C)(C)CC1)CCC. The molecule has 0 heterocycles. The molecule has 1 aliphatic carbocycles. The quantitative estimate of drug-likeness (QED) is 0.452. The molecule has 0 aromatic heterocycles. The predicted octanol–water partition coefficient (Wildman–Crippen LogP) is 5.40. The summed E-state index contributed by atoms with van der Waals surface area (Å²) in [5.41, 5.74) is 1.71. The van der Waals surface area contributed by atoms with E-state index in [1.54, 1.807) is 0 Å². The first-order valence-corrected chi connectivity index (χ1v) is 7.15. The Bertz CT molecular complexity index is 313. The van der Waals surface area contributed by atoms with E-state index in [1.807, 2.05) is 12.2 Å². The second kappa shape index (κ2) is 6.82. The van der Waals surface area contributed by atoms with E-state index in [-0.39, 0.29) is 0 Å². The lowest BCUT2D eigenvalue weighted by Crippen LogP contribution is -2.26. The molecule has 1 fully saturated rings. The minimum absolute atomic E-state index is 0.356. The van der Waals surface area contributed by atoms with Crippen molar-refractivity contribution >= 4 is 0 Å². The van der Waals surface area contributed by atoms with Crippen molar-refractivity contribution in [3.05, 3.63) is 36.6 Å². The minimum Gasteiger partial charge on any atom is -0.491 e. The maximum atomic E-state index is 5.94. The highest BCUT2D eigenvalue weighted by Crippen LogP contribution is 2.36. The van der Waals surface area contributed by atoms with Crippen molar-refractivity contribution in [1.82, 2.24) is 0 Å². The van der Waals surface area contributed by atoms with Crippen LogP contribution in [0.3, 0.4) is 0 Å². The van der Waals surface area contributed by atoms with Gasteiger partial charge in [0.1, 0.15) is 5.76 Å². The molecule has 0 aromatic carbocycles. The zero-order chi connectivity index (χ0) is 13.6. The van der Waals surface area contributed by atoms with Gasteiger partial charge in [-0.1, -0.05) is 46.4 Å². The highest BCUT2D eigenvalue weighted by atomic mass is 16.5. The van der Waals surface area contributed by atoms with Gasteiger partial charge in [0.15, 0.2) is 0 Å². The molecule has 18 heavy (non-hydrogen) atoms. The maximum absolute atomic E-state index is 5.94. The lowest BCUT2D eigenvalue weighted by Gasteiger charge is -2.34. The topological polar surface area (TPSA) is 9.23 Å². The Morgan fingerprint density at radius 1 is 1.33 bits per heavy atom. The van der Waals surface area contributed by atoms with Crippen LogP contribution in [0.15, 0.2) is 36.6 Å². The van der Waals surface area contributed by atoms with Crippen LogP contribution >= 0.6 is 0 Å². The van der Waals surface area contributed by atoms with Crippen molar-refractivity contribution in [3.63, 3.8) is 0 Å². The van der Waals surface area contributed by atoms with Gasteiger partial charge in [0.2, 0.25) is 0 Å². The van der Waals surface area contributed by atoms with Crippen LogP contribution in [0.25, 0.3) is 0 Å². The van der Waals surface area contributed by atoms with Crippen molar-refractivity contribution < 1.29 is 4.74 Å². The van der Waals surface area contributed by atoms with E-state index in [0.29, 0.717) is 11.5 Å². The van der Waals surface area contributed by atoms with Gasteiger partial charge in [0.05, 0.1) is 6.10 Å². The van der Waals surface area contributed by atoms with Gasteiger partial charge in [-0.25, -0.2) is 0 Å². The van der Waals surface area contributed by atoms with E-state index in [1.165, 1.54) is 18.4 Å². The molecule has 1 heteroatoms. The van der Waals surface area contributed by atoms with Crippen LogP contribution in [-0.4, -0.2) is 6.10 Å². The van der Waals surface area contributed by atoms with Crippen molar-refractivity contribution in [2.75, 3.05) is 0 Å². The molecule has 1 nitrogen and oxygen atoms in total. The van der Waals surface area contributed by atoms with Gasteiger partial charge in [-0.2, -0.15) is 0 Å². The number of ether oxygens (including phenoxy) is 1. The first kappa shape index (κ1) is 15.1. The maximum Gasteiger partial charge on any atom is 0.112 e. The monoisotopic (exact) mass is 248 g/mol. The third-order valence-electron chi connectivity index (χ3n) is 3.75. The standard InChI is InChI=1S/C17H28O/c1-6-8-15(7-2)13-14(3)18-16-9-11-17(4,5)12-10-16/h7,13,16H,2-3,6,8-12H2,1,4-5H3. The van der Waals surface area contributed by atoms with Gasteiger partial charge in [-0.3, -0.25) is 0 Å². The Kier molecular flexibility index (Phi) is 5.71. The van der Waals surface area contributed by atoms with Gasteiger partial charge >= 0.3 is 0 Å². The van der Waals surface area contributed by atoms with Crippen LogP contribution in [-0.2, 0) is 4.74 Å². The average molecular weight is 248 g/mol. The summed E-state index contributed by atoms with van der Waals surface area (Å²) in [4.78, 5) is 0. The van der Waals surface area contributed by atoms with Crippen LogP contribution in [0.2, 0.25) is 0 Å². The van der Waals surface area contributed by atoms with Crippen molar-refractivity contribution in [3.8, 4) is 0 Å². The van der Waals surface area contributed by atoms with Crippen molar-refractivity contribution in [2.24, 2.45) is 5.41 Å².